The number of fused-ring (bicyclic) bond motifs is 1. The number of aliphatic imine (C=N–C) groups is 1. The molecule has 1 atom stereocenters. The van der Waals surface area contributed by atoms with Crippen molar-refractivity contribution in [3.05, 3.63) is 59.3 Å². The number of hydrogen-bond donors (Lipinski definition) is 1. The van der Waals surface area contributed by atoms with Gasteiger partial charge < -0.3 is 19.9 Å². The van der Waals surface area contributed by atoms with Gasteiger partial charge in [0.25, 0.3) is 0 Å². The van der Waals surface area contributed by atoms with Crippen LogP contribution >= 0.6 is 0 Å². The van der Waals surface area contributed by atoms with Crippen LogP contribution in [0.4, 0.5) is 0 Å². The molecule has 0 bridgehead atoms. The molecule has 0 amide bonds. The summed E-state index contributed by atoms with van der Waals surface area (Å²) >= 11 is 0. The van der Waals surface area contributed by atoms with Crippen LogP contribution in [0.5, 0.6) is 17.2 Å². The van der Waals surface area contributed by atoms with Crippen LogP contribution in [0.25, 0.3) is 5.57 Å². The lowest BCUT2D eigenvalue weighted by molar-refractivity contribution is 0.0961. The highest BCUT2D eigenvalue weighted by atomic mass is 16.5. The Morgan fingerprint density at radius 3 is 2.50 bits per heavy atom. The second kappa shape index (κ2) is 8.17. The van der Waals surface area contributed by atoms with E-state index in [0.29, 0.717) is 22.8 Å². The van der Waals surface area contributed by atoms with Crippen molar-refractivity contribution in [2.45, 2.75) is 26.0 Å². The summed E-state index contributed by atoms with van der Waals surface area (Å²) in [4.78, 5) is 17.7. The van der Waals surface area contributed by atoms with Gasteiger partial charge in [-0.15, -0.1) is 0 Å². The molecule has 2 aromatic rings. The molecule has 1 heterocycles. The van der Waals surface area contributed by atoms with Crippen molar-refractivity contribution in [2.75, 3.05) is 14.2 Å². The standard InChI is InChI=1S/C22H24N2O4/c1-13(2)28-16-7-5-6-14(8-16)22(25)21-18-10-20(27-4)19(26-3)9-17(18)15(11-23)12-24-21/h5-13,21H,23H2,1-4H3. The summed E-state index contributed by atoms with van der Waals surface area (Å²) in [5.41, 5.74) is 8.51. The molecule has 3 rings (SSSR count). The molecular weight excluding hydrogens is 356 g/mol. The number of allylic oxidation sites excluding steroid dienone is 1. The number of nitrogens with zero attached hydrogens (tertiary/aromatic N) is 1. The van der Waals surface area contributed by atoms with Crippen molar-refractivity contribution in [1.82, 2.24) is 0 Å². The minimum absolute atomic E-state index is 0.0211. The predicted molar refractivity (Wildman–Crippen MR) is 109 cm³/mol. The maximum absolute atomic E-state index is 13.3. The monoisotopic (exact) mass is 380 g/mol. The van der Waals surface area contributed by atoms with E-state index in [0.717, 1.165) is 16.7 Å². The Labute approximate surface area is 164 Å². The average Bonchev–Trinajstić information content (AvgIpc) is 2.71. The van der Waals surface area contributed by atoms with E-state index >= 15 is 0 Å². The highest BCUT2D eigenvalue weighted by Crippen LogP contribution is 2.40. The highest BCUT2D eigenvalue weighted by Gasteiger charge is 2.29. The highest BCUT2D eigenvalue weighted by molar-refractivity contribution is 6.15. The third kappa shape index (κ3) is 3.71. The van der Waals surface area contributed by atoms with Gasteiger partial charge in [-0.2, -0.15) is 0 Å². The lowest BCUT2D eigenvalue weighted by Crippen LogP contribution is -2.17. The number of hydrogen-bond acceptors (Lipinski definition) is 6. The minimum Gasteiger partial charge on any atom is -0.493 e. The SMILES string of the molecule is COc1cc2c(cc1OC)C(C(=O)c1cccc(OC(C)C)c1)N=CC2=CN. The van der Waals surface area contributed by atoms with E-state index in [4.69, 9.17) is 19.9 Å². The zero-order chi connectivity index (χ0) is 20.3. The van der Waals surface area contributed by atoms with Crippen LogP contribution in [0.1, 0.15) is 41.4 Å². The zero-order valence-electron chi connectivity index (χ0n) is 16.4. The van der Waals surface area contributed by atoms with Gasteiger partial charge in [0.2, 0.25) is 0 Å². The first-order valence-electron chi connectivity index (χ1n) is 9.00. The smallest absolute Gasteiger partial charge is 0.191 e. The number of carbonyl (C=O) groups excluding carboxylic acids is 1. The summed E-state index contributed by atoms with van der Waals surface area (Å²) in [7, 11) is 3.12. The number of carbonyl (C=O) groups is 1. The first-order chi connectivity index (χ1) is 13.5. The van der Waals surface area contributed by atoms with Gasteiger partial charge in [-0.1, -0.05) is 12.1 Å². The first kappa shape index (κ1) is 19.5. The fourth-order valence-electron chi connectivity index (χ4n) is 3.17. The van der Waals surface area contributed by atoms with Crippen molar-refractivity contribution in [1.29, 1.82) is 0 Å². The van der Waals surface area contributed by atoms with Crippen LogP contribution in [-0.4, -0.2) is 32.3 Å². The second-order valence-electron chi connectivity index (χ2n) is 6.66. The van der Waals surface area contributed by atoms with E-state index in [1.165, 1.54) is 6.20 Å². The molecule has 1 aliphatic rings. The molecule has 2 aromatic carbocycles. The third-order valence-electron chi connectivity index (χ3n) is 4.44. The maximum Gasteiger partial charge on any atom is 0.191 e. The molecule has 1 unspecified atom stereocenters. The van der Waals surface area contributed by atoms with Crippen molar-refractivity contribution in [3.8, 4) is 17.2 Å². The quantitative estimate of drug-likeness (QED) is 0.771. The summed E-state index contributed by atoms with van der Waals surface area (Å²) in [6, 6.07) is 10.0. The van der Waals surface area contributed by atoms with Gasteiger partial charge in [0.1, 0.15) is 11.8 Å². The summed E-state index contributed by atoms with van der Waals surface area (Å²) in [5.74, 6) is 1.62. The summed E-state index contributed by atoms with van der Waals surface area (Å²) < 4.78 is 16.5. The molecule has 146 valence electrons. The molecule has 2 N–H and O–H groups in total. The molecule has 0 saturated heterocycles. The number of nitrogens with two attached hydrogens (primary N) is 1. The van der Waals surface area contributed by atoms with Gasteiger partial charge in [-0.05, 0) is 49.2 Å². The van der Waals surface area contributed by atoms with Gasteiger partial charge in [0, 0.05) is 23.6 Å². The number of Topliss-reactive ketones (excluding diaryl/α,β-unsaturated/α-hetero) is 1. The number of ether oxygens (including phenoxy) is 3. The topological polar surface area (TPSA) is 83.1 Å². The van der Waals surface area contributed by atoms with Crippen LogP contribution in [0, 0.1) is 0 Å². The molecular formula is C22H24N2O4. The zero-order valence-corrected chi connectivity index (χ0v) is 16.4. The van der Waals surface area contributed by atoms with E-state index < -0.39 is 6.04 Å². The van der Waals surface area contributed by atoms with Crippen LogP contribution in [0.3, 0.4) is 0 Å². The fraction of sp³-hybridized carbons (Fsp3) is 0.273. The Bertz CT molecular complexity index is 948. The fourth-order valence-corrected chi connectivity index (χ4v) is 3.17. The van der Waals surface area contributed by atoms with E-state index in [-0.39, 0.29) is 11.9 Å². The van der Waals surface area contributed by atoms with Gasteiger partial charge >= 0.3 is 0 Å². The molecule has 0 spiro atoms. The average molecular weight is 380 g/mol. The molecule has 28 heavy (non-hydrogen) atoms. The molecule has 0 aliphatic carbocycles. The normalized spacial score (nSPS) is 16.8. The van der Waals surface area contributed by atoms with E-state index in [9.17, 15) is 4.79 Å². The number of methoxy groups -OCH3 is 2. The Kier molecular flexibility index (Phi) is 5.68. The van der Waals surface area contributed by atoms with Crippen molar-refractivity contribution < 1.29 is 19.0 Å². The van der Waals surface area contributed by atoms with Crippen molar-refractivity contribution in [3.63, 3.8) is 0 Å². The van der Waals surface area contributed by atoms with E-state index in [1.54, 1.807) is 44.7 Å². The van der Waals surface area contributed by atoms with Crippen LogP contribution in [0.15, 0.2) is 47.6 Å². The molecule has 0 fully saturated rings. The molecule has 0 saturated carbocycles. The van der Waals surface area contributed by atoms with Gasteiger partial charge in [0.15, 0.2) is 17.3 Å². The Balaban J connectivity index is 2.05. The Morgan fingerprint density at radius 2 is 1.86 bits per heavy atom. The Hall–Kier alpha value is -3.28. The number of rotatable bonds is 6. The number of ketones is 1. The molecule has 0 radical (unpaired) electrons. The number of benzene rings is 2. The van der Waals surface area contributed by atoms with Crippen LogP contribution < -0.4 is 19.9 Å². The summed E-state index contributed by atoms with van der Waals surface area (Å²) in [6.45, 7) is 3.88. The summed E-state index contributed by atoms with van der Waals surface area (Å²) in [5, 5.41) is 0. The molecule has 1 aliphatic heterocycles. The lowest BCUT2D eigenvalue weighted by atomic mass is 9.88. The van der Waals surface area contributed by atoms with Crippen molar-refractivity contribution in [2.24, 2.45) is 10.7 Å². The minimum atomic E-state index is -0.701. The van der Waals surface area contributed by atoms with E-state index in [2.05, 4.69) is 4.99 Å². The first-order valence-corrected chi connectivity index (χ1v) is 9.00. The lowest BCUT2D eigenvalue weighted by Gasteiger charge is -2.23. The molecule has 6 nitrogen and oxygen atoms in total. The van der Waals surface area contributed by atoms with Gasteiger partial charge in [-0.25, -0.2) is 0 Å². The van der Waals surface area contributed by atoms with Crippen LogP contribution in [-0.2, 0) is 0 Å². The maximum atomic E-state index is 13.3. The summed E-state index contributed by atoms with van der Waals surface area (Å²) in [6.07, 6.45) is 3.10. The third-order valence-corrected chi connectivity index (χ3v) is 4.44. The van der Waals surface area contributed by atoms with Gasteiger partial charge in [-0.3, -0.25) is 9.79 Å². The van der Waals surface area contributed by atoms with Crippen molar-refractivity contribution >= 4 is 17.6 Å². The predicted octanol–water partition coefficient (Wildman–Crippen LogP) is 3.80. The Morgan fingerprint density at radius 1 is 1.14 bits per heavy atom. The van der Waals surface area contributed by atoms with Crippen LogP contribution in [0.2, 0.25) is 0 Å². The largest absolute Gasteiger partial charge is 0.493 e. The second-order valence-corrected chi connectivity index (χ2v) is 6.66. The van der Waals surface area contributed by atoms with E-state index in [1.807, 2.05) is 26.0 Å². The molecule has 6 heteroatoms. The van der Waals surface area contributed by atoms with Gasteiger partial charge in [0.05, 0.1) is 20.3 Å². The molecule has 0 aromatic heterocycles.